The van der Waals surface area contributed by atoms with Gasteiger partial charge in [0.15, 0.2) is 0 Å². The van der Waals surface area contributed by atoms with Gasteiger partial charge in [-0.15, -0.1) is 0 Å². The summed E-state index contributed by atoms with van der Waals surface area (Å²) in [5.74, 6) is -0.151. The number of likely N-dealkylation sites (tertiary alicyclic amines) is 1. The normalized spacial score (nSPS) is 16.0. The van der Waals surface area contributed by atoms with Gasteiger partial charge in [-0.05, 0) is 61.7 Å². The van der Waals surface area contributed by atoms with Crippen LogP contribution in [0, 0.1) is 0 Å². The number of piperidine rings is 1. The summed E-state index contributed by atoms with van der Waals surface area (Å²) in [6, 6.07) is 12.8. The van der Waals surface area contributed by atoms with E-state index in [-0.39, 0.29) is 10.8 Å². The zero-order valence-electron chi connectivity index (χ0n) is 18.8. The van der Waals surface area contributed by atoms with Gasteiger partial charge in [0.2, 0.25) is 0 Å². The number of aromatic nitrogens is 2. The number of aromatic amines is 1. The second-order valence-electron chi connectivity index (χ2n) is 8.34. The summed E-state index contributed by atoms with van der Waals surface area (Å²) in [4.78, 5) is 18.8. The zero-order chi connectivity index (χ0) is 24.2. The Morgan fingerprint density at radius 2 is 1.91 bits per heavy atom. The topological polar surface area (TPSA) is 128 Å². The van der Waals surface area contributed by atoms with E-state index in [1.54, 1.807) is 66.7 Å². The van der Waals surface area contributed by atoms with E-state index in [0.29, 0.717) is 49.3 Å². The molecule has 3 aromatic rings. The van der Waals surface area contributed by atoms with E-state index in [2.05, 4.69) is 19.9 Å². The van der Waals surface area contributed by atoms with E-state index in [1.807, 2.05) is 0 Å². The van der Waals surface area contributed by atoms with Gasteiger partial charge in [0.1, 0.15) is 4.90 Å². The summed E-state index contributed by atoms with van der Waals surface area (Å²) >= 11 is 0. The fourth-order valence-corrected chi connectivity index (χ4v) is 5.27. The van der Waals surface area contributed by atoms with Gasteiger partial charge in [0, 0.05) is 43.2 Å². The van der Waals surface area contributed by atoms with Crippen molar-refractivity contribution in [3.05, 3.63) is 72.1 Å². The summed E-state index contributed by atoms with van der Waals surface area (Å²) in [7, 11) is -3.85. The smallest absolute Gasteiger partial charge is 0.264 e. The lowest BCUT2D eigenvalue weighted by Crippen LogP contribution is -2.47. The summed E-state index contributed by atoms with van der Waals surface area (Å²) in [6.45, 7) is 2.60. The highest BCUT2D eigenvalue weighted by Crippen LogP contribution is 2.28. The van der Waals surface area contributed by atoms with Crippen molar-refractivity contribution in [2.45, 2.75) is 36.7 Å². The van der Waals surface area contributed by atoms with E-state index in [9.17, 15) is 18.3 Å². The molecule has 0 unspecified atom stereocenters. The van der Waals surface area contributed by atoms with E-state index in [1.165, 1.54) is 12.3 Å². The minimum absolute atomic E-state index is 0.0736. The van der Waals surface area contributed by atoms with Crippen molar-refractivity contribution in [3.63, 3.8) is 0 Å². The first-order valence-corrected chi connectivity index (χ1v) is 12.5. The molecular formula is C24H27N5O4S. The third kappa shape index (κ3) is 5.35. The molecule has 34 heavy (non-hydrogen) atoms. The van der Waals surface area contributed by atoms with E-state index < -0.39 is 15.6 Å². The Labute approximate surface area is 198 Å². The highest BCUT2D eigenvalue weighted by Gasteiger charge is 2.34. The van der Waals surface area contributed by atoms with Crippen LogP contribution in [0.1, 0.15) is 35.7 Å². The van der Waals surface area contributed by atoms with Crippen molar-refractivity contribution >= 4 is 33.5 Å². The van der Waals surface area contributed by atoms with Crippen LogP contribution in [0.5, 0.6) is 0 Å². The van der Waals surface area contributed by atoms with Gasteiger partial charge in [-0.1, -0.05) is 12.1 Å². The van der Waals surface area contributed by atoms with Crippen LogP contribution >= 0.6 is 0 Å². The molecule has 0 bridgehead atoms. The number of carbonyl (C=O) groups excluding carboxylic acids is 1. The predicted molar refractivity (Wildman–Crippen MR) is 130 cm³/mol. The minimum atomic E-state index is -3.85. The summed E-state index contributed by atoms with van der Waals surface area (Å²) in [5.41, 5.74) is 1.23. The molecule has 10 heteroatoms. The number of aliphatic imine (C=N–C) groups is 1. The third-order valence-electron chi connectivity index (χ3n) is 5.88. The molecule has 0 radical (unpaired) electrons. The number of anilines is 1. The molecule has 0 saturated carbocycles. The molecule has 0 atom stereocenters. The second-order valence-corrected chi connectivity index (χ2v) is 9.99. The molecule has 0 aliphatic carbocycles. The average molecular weight is 482 g/mol. The van der Waals surface area contributed by atoms with Gasteiger partial charge in [0.05, 0.1) is 17.5 Å². The number of rotatable bonds is 7. The standard InChI is InChI=1S/C24H27N5O4S/c1-2-25-21-5-3-4-6-22(21)34(32,33)28-20-9-7-19(8-10-20)23(30)29-13-11-24(31,12-14-29)15-18-16-26-27-17-18/h2-10,16-17,28,31H,11-15H2,1H3,(H,26,27)/b25-2-. The van der Waals surface area contributed by atoms with E-state index in [4.69, 9.17) is 0 Å². The fourth-order valence-electron chi connectivity index (χ4n) is 4.06. The monoisotopic (exact) mass is 481 g/mol. The van der Waals surface area contributed by atoms with Crippen LogP contribution in [-0.2, 0) is 16.4 Å². The quantitative estimate of drug-likeness (QED) is 0.447. The zero-order valence-corrected chi connectivity index (χ0v) is 19.6. The maximum atomic E-state index is 12.9. The molecule has 2 aromatic carbocycles. The molecular weight excluding hydrogens is 454 g/mol. The highest BCUT2D eigenvalue weighted by molar-refractivity contribution is 7.92. The number of hydrogen-bond donors (Lipinski definition) is 3. The fraction of sp³-hybridized carbons (Fsp3) is 0.292. The summed E-state index contributed by atoms with van der Waals surface area (Å²) < 4.78 is 28.2. The second kappa shape index (κ2) is 9.78. The molecule has 9 nitrogen and oxygen atoms in total. The predicted octanol–water partition coefficient (Wildman–Crippen LogP) is 3.14. The van der Waals surface area contributed by atoms with Crippen molar-refractivity contribution in [3.8, 4) is 0 Å². The van der Waals surface area contributed by atoms with Crippen molar-refractivity contribution in [2.24, 2.45) is 4.99 Å². The number of para-hydroxylation sites is 1. The minimum Gasteiger partial charge on any atom is -0.389 e. The van der Waals surface area contributed by atoms with Crippen LogP contribution < -0.4 is 4.72 Å². The Kier molecular flexibility index (Phi) is 6.80. The molecule has 3 N–H and O–H groups in total. The molecule has 178 valence electrons. The van der Waals surface area contributed by atoms with E-state index >= 15 is 0 Å². The Hall–Kier alpha value is -3.50. The lowest BCUT2D eigenvalue weighted by molar-refractivity contribution is -0.0162. The molecule has 1 aromatic heterocycles. The van der Waals surface area contributed by atoms with Crippen LogP contribution in [0.25, 0.3) is 0 Å². The molecule has 2 heterocycles. The number of sulfonamides is 1. The Morgan fingerprint density at radius 1 is 1.21 bits per heavy atom. The van der Waals surface area contributed by atoms with E-state index in [0.717, 1.165) is 5.56 Å². The number of hydrogen-bond acceptors (Lipinski definition) is 6. The van der Waals surface area contributed by atoms with Gasteiger partial charge in [-0.3, -0.25) is 19.6 Å². The van der Waals surface area contributed by atoms with Crippen molar-refractivity contribution in [2.75, 3.05) is 17.8 Å². The third-order valence-corrected chi connectivity index (χ3v) is 7.31. The molecule has 1 amide bonds. The number of nitrogens with one attached hydrogen (secondary N) is 2. The van der Waals surface area contributed by atoms with Crippen molar-refractivity contribution < 1.29 is 18.3 Å². The first-order valence-electron chi connectivity index (χ1n) is 11.0. The molecule has 0 spiro atoms. The van der Waals surface area contributed by atoms with Crippen LogP contribution in [0.3, 0.4) is 0 Å². The first kappa shape index (κ1) is 23.7. The number of carbonyl (C=O) groups is 1. The maximum absolute atomic E-state index is 12.9. The summed E-state index contributed by atoms with van der Waals surface area (Å²) in [5, 5.41) is 17.5. The molecule has 1 saturated heterocycles. The molecule has 1 aliphatic rings. The van der Waals surface area contributed by atoms with Gasteiger partial charge < -0.3 is 10.0 Å². The molecule has 4 rings (SSSR count). The van der Waals surface area contributed by atoms with Crippen LogP contribution in [-0.4, -0.2) is 59.4 Å². The molecule has 1 fully saturated rings. The van der Waals surface area contributed by atoms with Crippen molar-refractivity contribution in [1.29, 1.82) is 0 Å². The van der Waals surface area contributed by atoms with Gasteiger partial charge >= 0.3 is 0 Å². The van der Waals surface area contributed by atoms with Crippen LogP contribution in [0.15, 0.2) is 70.8 Å². The van der Waals surface area contributed by atoms with Crippen LogP contribution in [0.4, 0.5) is 11.4 Å². The Balaban J connectivity index is 1.40. The maximum Gasteiger partial charge on any atom is 0.264 e. The SMILES string of the molecule is C/C=N\c1ccccc1S(=O)(=O)Nc1ccc(C(=O)N2CCC(O)(Cc3cn[nH]c3)CC2)cc1. The van der Waals surface area contributed by atoms with Crippen LogP contribution in [0.2, 0.25) is 0 Å². The number of aliphatic hydroxyl groups is 1. The number of benzene rings is 2. The highest BCUT2D eigenvalue weighted by atomic mass is 32.2. The first-order chi connectivity index (χ1) is 16.3. The van der Waals surface area contributed by atoms with Gasteiger partial charge in [0.25, 0.3) is 15.9 Å². The number of H-pyrrole nitrogens is 1. The lowest BCUT2D eigenvalue weighted by Gasteiger charge is -2.38. The van der Waals surface area contributed by atoms with Gasteiger partial charge in [-0.25, -0.2) is 8.42 Å². The molecule has 1 aliphatic heterocycles. The lowest BCUT2D eigenvalue weighted by atomic mass is 9.86. The summed E-state index contributed by atoms with van der Waals surface area (Å²) in [6.07, 6.45) is 6.44. The number of nitrogens with zero attached hydrogens (tertiary/aromatic N) is 3. The van der Waals surface area contributed by atoms with Gasteiger partial charge in [-0.2, -0.15) is 5.10 Å². The largest absolute Gasteiger partial charge is 0.389 e. The number of amides is 1. The Bertz CT molecular complexity index is 1260. The average Bonchev–Trinajstić information content (AvgIpc) is 3.32. The van der Waals surface area contributed by atoms with Crippen molar-refractivity contribution in [1.82, 2.24) is 15.1 Å². The Morgan fingerprint density at radius 3 is 2.56 bits per heavy atom.